The first kappa shape index (κ1) is 18.1. The van der Waals surface area contributed by atoms with Gasteiger partial charge in [-0.2, -0.15) is 0 Å². The Hall–Kier alpha value is -3.25. The van der Waals surface area contributed by atoms with E-state index in [0.717, 1.165) is 17.5 Å². The number of hydrogen-bond donors (Lipinski definition) is 2. The molecule has 0 radical (unpaired) electrons. The molecule has 2 aromatic rings. The first-order valence-corrected chi connectivity index (χ1v) is 9.40. The Morgan fingerprint density at radius 2 is 2.04 bits per heavy atom. The molecule has 2 aliphatic heterocycles. The van der Waals surface area contributed by atoms with Crippen LogP contribution in [0.15, 0.2) is 54.7 Å². The fourth-order valence-electron chi connectivity index (χ4n) is 3.41. The molecule has 6 nitrogen and oxygen atoms in total. The molecule has 142 valence electrons. The van der Waals surface area contributed by atoms with Gasteiger partial charge >= 0.3 is 0 Å². The van der Waals surface area contributed by atoms with E-state index < -0.39 is 0 Å². The highest BCUT2D eigenvalue weighted by Gasteiger charge is 2.16. The molecular formula is C22H22N4O2. The van der Waals surface area contributed by atoms with E-state index in [1.165, 1.54) is 11.1 Å². The van der Waals surface area contributed by atoms with Gasteiger partial charge in [0.05, 0.1) is 6.54 Å². The van der Waals surface area contributed by atoms with Gasteiger partial charge in [-0.05, 0) is 35.3 Å². The average molecular weight is 374 g/mol. The van der Waals surface area contributed by atoms with Crippen LogP contribution >= 0.6 is 0 Å². The maximum Gasteiger partial charge on any atom is 0.246 e. The van der Waals surface area contributed by atoms with Gasteiger partial charge in [-0.25, -0.2) is 4.98 Å². The fourth-order valence-corrected chi connectivity index (χ4v) is 3.41. The van der Waals surface area contributed by atoms with Gasteiger partial charge in [0.15, 0.2) is 0 Å². The third-order valence-electron chi connectivity index (χ3n) is 4.93. The molecule has 0 aliphatic carbocycles. The van der Waals surface area contributed by atoms with Crippen LogP contribution in [-0.2, 0) is 16.1 Å². The molecule has 1 aromatic heterocycles. The second kappa shape index (κ2) is 8.19. The molecular weight excluding hydrogens is 352 g/mol. The summed E-state index contributed by atoms with van der Waals surface area (Å²) in [5.74, 6) is 0.468. The van der Waals surface area contributed by atoms with E-state index in [9.17, 15) is 9.59 Å². The zero-order chi connectivity index (χ0) is 19.3. The van der Waals surface area contributed by atoms with Crippen LogP contribution in [0.4, 0.5) is 5.82 Å². The highest BCUT2D eigenvalue weighted by Crippen LogP contribution is 2.22. The number of amides is 2. The summed E-state index contributed by atoms with van der Waals surface area (Å²) in [6.07, 6.45) is 8.02. The van der Waals surface area contributed by atoms with Crippen LogP contribution in [0, 0.1) is 0 Å². The number of hydrogen-bond acceptors (Lipinski definition) is 4. The number of nitrogens with zero attached hydrogens (tertiary/aromatic N) is 2. The van der Waals surface area contributed by atoms with E-state index in [-0.39, 0.29) is 18.4 Å². The summed E-state index contributed by atoms with van der Waals surface area (Å²) in [7, 11) is 0. The summed E-state index contributed by atoms with van der Waals surface area (Å²) in [6.45, 7) is 2.16. The van der Waals surface area contributed by atoms with Crippen molar-refractivity contribution in [3.8, 4) is 0 Å². The summed E-state index contributed by atoms with van der Waals surface area (Å²) in [5, 5.41) is 5.82. The minimum absolute atomic E-state index is 0.00951. The Kier molecular flexibility index (Phi) is 5.30. The van der Waals surface area contributed by atoms with Crippen molar-refractivity contribution in [3.63, 3.8) is 0 Å². The van der Waals surface area contributed by atoms with Crippen molar-refractivity contribution in [3.05, 3.63) is 71.4 Å². The lowest BCUT2D eigenvalue weighted by Gasteiger charge is -2.25. The number of rotatable bonds is 3. The lowest BCUT2D eigenvalue weighted by atomic mass is 9.99. The lowest BCUT2D eigenvalue weighted by Crippen LogP contribution is -2.33. The van der Waals surface area contributed by atoms with Crippen LogP contribution in [0.25, 0.3) is 11.6 Å². The van der Waals surface area contributed by atoms with Crippen molar-refractivity contribution in [2.45, 2.75) is 13.0 Å². The first-order valence-electron chi connectivity index (χ1n) is 9.40. The molecule has 0 spiro atoms. The minimum atomic E-state index is -0.0993. The number of pyridine rings is 1. The molecule has 2 N–H and O–H groups in total. The summed E-state index contributed by atoms with van der Waals surface area (Å²) in [5.41, 5.74) is 4.26. The van der Waals surface area contributed by atoms with Crippen molar-refractivity contribution < 1.29 is 9.59 Å². The molecule has 2 amide bonds. The predicted octanol–water partition coefficient (Wildman–Crippen LogP) is 2.45. The van der Waals surface area contributed by atoms with Gasteiger partial charge in [-0.3, -0.25) is 9.59 Å². The maximum atomic E-state index is 12.5. The highest BCUT2D eigenvalue weighted by molar-refractivity contribution is 5.94. The maximum absolute atomic E-state index is 12.5. The number of aromatic nitrogens is 1. The second-order valence-electron chi connectivity index (χ2n) is 6.89. The number of benzene rings is 1. The van der Waals surface area contributed by atoms with Crippen LogP contribution in [-0.4, -0.2) is 41.3 Å². The standard InChI is InChI=1S/C22H22N4O2/c27-20-15-23-14-19-12-16(13-24-22(19)25-20)6-7-21(28)26-10-8-18(9-11-26)17-4-2-1-3-5-17/h1-8,12-13,23H,9-11,14-15H2,(H,24,25,27)/b7-6+. The molecule has 28 heavy (non-hydrogen) atoms. The minimum Gasteiger partial charge on any atom is -0.335 e. The van der Waals surface area contributed by atoms with E-state index in [0.29, 0.717) is 25.5 Å². The third-order valence-corrected chi connectivity index (χ3v) is 4.93. The lowest BCUT2D eigenvalue weighted by molar-refractivity contribution is -0.125. The predicted molar refractivity (Wildman–Crippen MR) is 109 cm³/mol. The van der Waals surface area contributed by atoms with Gasteiger partial charge in [0.25, 0.3) is 0 Å². The van der Waals surface area contributed by atoms with Gasteiger partial charge in [0.2, 0.25) is 11.8 Å². The highest BCUT2D eigenvalue weighted by atomic mass is 16.2. The zero-order valence-corrected chi connectivity index (χ0v) is 15.5. The molecule has 1 aromatic carbocycles. The van der Waals surface area contributed by atoms with Gasteiger partial charge < -0.3 is 15.5 Å². The zero-order valence-electron chi connectivity index (χ0n) is 15.5. The van der Waals surface area contributed by atoms with Crippen molar-refractivity contribution in [1.29, 1.82) is 0 Å². The molecule has 6 heteroatoms. The van der Waals surface area contributed by atoms with E-state index in [1.807, 2.05) is 29.2 Å². The number of nitrogens with one attached hydrogen (secondary N) is 2. The van der Waals surface area contributed by atoms with Gasteiger partial charge in [-0.15, -0.1) is 0 Å². The monoisotopic (exact) mass is 374 g/mol. The molecule has 0 saturated heterocycles. The number of carbonyl (C=O) groups excluding carboxylic acids is 2. The third kappa shape index (κ3) is 4.18. The van der Waals surface area contributed by atoms with E-state index in [4.69, 9.17) is 0 Å². The Morgan fingerprint density at radius 3 is 2.82 bits per heavy atom. The first-order chi connectivity index (χ1) is 13.7. The van der Waals surface area contributed by atoms with Crippen LogP contribution < -0.4 is 10.6 Å². The number of carbonyl (C=O) groups is 2. The summed E-state index contributed by atoms with van der Waals surface area (Å²) < 4.78 is 0. The summed E-state index contributed by atoms with van der Waals surface area (Å²) in [4.78, 5) is 30.2. The molecule has 0 saturated carbocycles. The fraction of sp³-hybridized carbons (Fsp3) is 0.227. The van der Waals surface area contributed by atoms with E-state index >= 15 is 0 Å². The van der Waals surface area contributed by atoms with Gasteiger partial charge in [0, 0.05) is 37.5 Å². The Balaban J connectivity index is 1.40. The van der Waals surface area contributed by atoms with Crippen LogP contribution in [0.2, 0.25) is 0 Å². The normalized spacial score (nSPS) is 16.9. The molecule has 2 aliphatic rings. The number of fused-ring (bicyclic) bond motifs is 1. The Bertz CT molecular complexity index is 950. The van der Waals surface area contributed by atoms with Gasteiger partial charge in [-0.1, -0.05) is 36.4 Å². The van der Waals surface area contributed by atoms with Crippen LogP contribution in [0.1, 0.15) is 23.1 Å². The van der Waals surface area contributed by atoms with Crippen molar-refractivity contribution >= 4 is 29.3 Å². The van der Waals surface area contributed by atoms with Gasteiger partial charge in [0.1, 0.15) is 5.82 Å². The largest absolute Gasteiger partial charge is 0.335 e. The molecule has 0 fully saturated rings. The van der Waals surface area contributed by atoms with E-state index in [1.54, 1.807) is 18.3 Å². The number of anilines is 1. The molecule has 0 bridgehead atoms. The molecule has 0 unspecified atom stereocenters. The topological polar surface area (TPSA) is 74.3 Å². The van der Waals surface area contributed by atoms with Crippen LogP contribution in [0.5, 0.6) is 0 Å². The van der Waals surface area contributed by atoms with Crippen molar-refractivity contribution in [1.82, 2.24) is 15.2 Å². The summed E-state index contributed by atoms with van der Waals surface area (Å²) in [6, 6.07) is 12.2. The average Bonchev–Trinajstić information content (AvgIpc) is 2.93. The Labute approximate surface area is 164 Å². The van der Waals surface area contributed by atoms with Crippen molar-refractivity contribution in [2.24, 2.45) is 0 Å². The van der Waals surface area contributed by atoms with Crippen molar-refractivity contribution in [2.75, 3.05) is 25.0 Å². The summed E-state index contributed by atoms with van der Waals surface area (Å²) >= 11 is 0. The SMILES string of the molecule is O=C1CNCc2cc(/C=C/C(=O)N3CC=C(c4ccccc4)CC3)cnc2N1. The Morgan fingerprint density at radius 1 is 1.18 bits per heavy atom. The molecule has 3 heterocycles. The second-order valence-corrected chi connectivity index (χ2v) is 6.89. The van der Waals surface area contributed by atoms with Crippen LogP contribution in [0.3, 0.4) is 0 Å². The smallest absolute Gasteiger partial charge is 0.246 e. The quantitative estimate of drug-likeness (QED) is 0.810. The van der Waals surface area contributed by atoms with E-state index in [2.05, 4.69) is 33.8 Å². The molecule has 4 rings (SSSR count). The molecule has 0 atom stereocenters.